The maximum Gasteiger partial charge on any atom is 0.412 e. The molecule has 2 heterocycles. The van der Waals surface area contributed by atoms with Crippen molar-refractivity contribution in [3.8, 4) is 11.1 Å². The summed E-state index contributed by atoms with van der Waals surface area (Å²) < 4.78 is 13.0. The Morgan fingerprint density at radius 3 is 2.39 bits per heavy atom. The van der Waals surface area contributed by atoms with Gasteiger partial charge in [0.2, 0.25) is 0 Å². The predicted octanol–water partition coefficient (Wildman–Crippen LogP) is 7.39. The zero-order valence-corrected chi connectivity index (χ0v) is 28.0. The number of ether oxygens (including phenoxy) is 1. The fraction of sp³-hybridized carbons (Fsp3) is 0.412. The van der Waals surface area contributed by atoms with Crippen molar-refractivity contribution in [1.82, 2.24) is 14.7 Å². The first-order valence-electron chi connectivity index (χ1n) is 15.0. The highest BCUT2D eigenvalue weighted by Gasteiger charge is 2.36. The Kier molecular flexibility index (Phi) is 9.65. The summed E-state index contributed by atoms with van der Waals surface area (Å²) in [5.74, 6) is -0.279. The van der Waals surface area contributed by atoms with Gasteiger partial charge in [-0.15, -0.1) is 0 Å². The van der Waals surface area contributed by atoms with E-state index in [9.17, 15) is 14.4 Å². The quantitative estimate of drug-likeness (QED) is 0.115. The minimum absolute atomic E-state index is 0.163. The first-order valence-corrected chi connectivity index (χ1v) is 17.9. The number of pyridine rings is 1. The van der Waals surface area contributed by atoms with Crippen LogP contribution in [0.1, 0.15) is 64.7 Å². The van der Waals surface area contributed by atoms with E-state index < -0.39 is 20.0 Å². The number of unbranched alkanes of at least 4 members (excludes halogenated alkanes) is 1. The van der Waals surface area contributed by atoms with Crippen LogP contribution in [-0.4, -0.2) is 48.5 Å². The van der Waals surface area contributed by atoms with Crippen LogP contribution in [0.15, 0.2) is 65.6 Å². The Morgan fingerprint density at radius 1 is 0.955 bits per heavy atom. The predicted molar refractivity (Wildman–Crippen MR) is 179 cm³/mol. The molecular formula is C34H44N4O5Si. The molecule has 0 radical (unpaired) electrons. The molecule has 0 spiro atoms. The molecule has 0 fully saturated rings. The summed E-state index contributed by atoms with van der Waals surface area (Å²) in [7, 11) is -1.79. The molecule has 4 aromatic rings. The fourth-order valence-electron chi connectivity index (χ4n) is 4.50. The molecule has 10 heteroatoms. The Morgan fingerprint density at radius 2 is 1.68 bits per heavy atom. The number of hydrogen-bond acceptors (Lipinski definition) is 6. The zero-order chi connectivity index (χ0) is 32.3. The molecule has 0 bridgehead atoms. The number of carbonyl (C=O) groups is 2. The molecule has 0 unspecified atom stereocenters. The molecule has 2 amide bonds. The SMILES string of the molecule is CC(C)(C)OC(=O)Nc1ccccc1-c1ccc2nc3c(C(=O)NCCCCO[Si](C)(C)C(C)(C)C)cccn3c(=O)c2c1. The van der Waals surface area contributed by atoms with E-state index in [1.807, 2.05) is 24.3 Å². The van der Waals surface area contributed by atoms with Gasteiger partial charge >= 0.3 is 6.09 Å². The summed E-state index contributed by atoms with van der Waals surface area (Å²) in [6.45, 7) is 17.7. The van der Waals surface area contributed by atoms with Crippen molar-refractivity contribution in [3.05, 3.63) is 76.7 Å². The van der Waals surface area contributed by atoms with Gasteiger partial charge in [-0.3, -0.25) is 19.3 Å². The van der Waals surface area contributed by atoms with Crippen molar-refractivity contribution >= 4 is 42.6 Å². The van der Waals surface area contributed by atoms with Crippen molar-refractivity contribution < 1.29 is 18.8 Å². The van der Waals surface area contributed by atoms with Crippen molar-refractivity contribution in [2.24, 2.45) is 0 Å². The third-order valence-corrected chi connectivity index (χ3v) is 12.4. The number of aromatic nitrogens is 2. The summed E-state index contributed by atoms with van der Waals surface area (Å²) in [5, 5.41) is 6.34. The van der Waals surface area contributed by atoms with Gasteiger partial charge in [0.05, 0.1) is 22.2 Å². The van der Waals surface area contributed by atoms with Crippen molar-refractivity contribution in [3.63, 3.8) is 0 Å². The molecule has 0 saturated carbocycles. The number of fused-ring (bicyclic) bond motifs is 2. The molecule has 2 N–H and O–H groups in total. The third-order valence-electron chi connectivity index (χ3n) is 7.88. The van der Waals surface area contributed by atoms with Gasteiger partial charge in [0.1, 0.15) is 5.60 Å². The number of para-hydroxylation sites is 1. The number of rotatable bonds is 9. The maximum absolute atomic E-state index is 13.6. The van der Waals surface area contributed by atoms with Gasteiger partial charge in [-0.25, -0.2) is 9.78 Å². The molecule has 2 aromatic carbocycles. The number of anilines is 1. The summed E-state index contributed by atoms with van der Waals surface area (Å²) >= 11 is 0. The first-order chi connectivity index (χ1) is 20.6. The van der Waals surface area contributed by atoms with Crippen molar-refractivity contribution in [2.75, 3.05) is 18.5 Å². The van der Waals surface area contributed by atoms with E-state index in [4.69, 9.17) is 14.1 Å². The van der Waals surface area contributed by atoms with Crippen molar-refractivity contribution in [2.45, 2.75) is 78.1 Å². The Hall–Kier alpha value is -4.02. The lowest BCUT2D eigenvalue weighted by molar-refractivity contribution is 0.0635. The summed E-state index contributed by atoms with van der Waals surface area (Å²) in [6.07, 6.45) is 2.69. The summed E-state index contributed by atoms with van der Waals surface area (Å²) in [4.78, 5) is 44.0. The minimum Gasteiger partial charge on any atom is -0.444 e. The zero-order valence-electron chi connectivity index (χ0n) is 27.0. The molecule has 44 heavy (non-hydrogen) atoms. The maximum atomic E-state index is 13.6. The number of carbonyl (C=O) groups excluding carboxylic acids is 2. The summed E-state index contributed by atoms with van der Waals surface area (Å²) in [5.41, 5.74) is 2.19. The van der Waals surface area contributed by atoms with Crippen LogP contribution in [-0.2, 0) is 9.16 Å². The van der Waals surface area contributed by atoms with E-state index in [0.717, 1.165) is 24.0 Å². The standard InChI is InChI=1S/C34H44N4O5Si/c1-33(2,3)43-32(41)37-27-16-10-9-14-24(27)23-17-18-28-26(22-23)31(40)38-20-13-15-25(29(38)36-28)30(39)35-19-11-12-21-42-44(7,8)34(4,5)6/h9-10,13-18,20,22H,11-12,19,21H2,1-8H3,(H,35,39)(H,37,41). The molecule has 0 atom stereocenters. The van der Waals surface area contributed by atoms with Crippen LogP contribution in [0.5, 0.6) is 0 Å². The lowest BCUT2D eigenvalue weighted by atomic mass is 10.0. The average molecular weight is 617 g/mol. The molecule has 0 aliphatic heterocycles. The second-order valence-electron chi connectivity index (χ2n) is 13.5. The lowest BCUT2D eigenvalue weighted by Gasteiger charge is -2.36. The Balaban J connectivity index is 1.53. The number of hydrogen-bond donors (Lipinski definition) is 2. The smallest absolute Gasteiger partial charge is 0.412 e. The van der Waals surface area contributed by atoms with E-state index in [1.165, 1.54) is 4.40 Å². The van der Waals surface area contributed by atoms with Crippen LogP contribution < -0.4 is 16.2 Å². The monoisotopic (exact) mass is 616 g/mol. The molecule has 4 rings (SSSR count). The van der Waals surface area contributed by atoms with Gasteiger partial charge in [0.15, 0.2) is 14.0 Å². The topological polar surface area (TPSA) is 111 Å². The molecule has 234 valence electrons. The molecule has 0 saturated heterocycles. The van der Waals surface area contributed by atoms with E-state index in [-0.39, 0.29) is 16.5 Å². The molecule has 2 aromatic heterocycles. The van der Waals surface area contributed by atoms with Crippen LogP contribution >= 0.6 is 0 Å². The molecule has 9 nitrogen and oxygen atoms in total. The average Bonchev–Trinajstić information content (AvgIpc) is 2.93. The van der Waals surface area contributed by atoms with E-state index in [1.54, 1.807) is 57.3 Å². The van der Waals surface area contributed by atoms with Gasteiger partial charge in [-0.05, 0) is 87.6 Å². The largest absolute Gasteiger partial charge is 0.444 e. The molecule has 0 aliphatic rings. The van der Waals surface area contributed by atoms with E-state index >= 15 is 0 Å². The van der Waals surface area contributed by atoms with E-state index in [0.29, 0.717) is 41.0 Å². The van der Waals surface area contributed by atoms with Crippen LogP contribution in [0, 0.1) is 0 Å². The lowest BCUT2D eigenvalue weighted by Crippen LogP contribution is -2.41. The fourth-order valence-corrected chi connectivity index (χ4v) is 5.58. The van der Waals surface area contributed by atoms with E-state index in [2.05, 4.69) is 44.5 Å². The second kappa shape index (κ2) is 12.9. The highest BCUT2D eigenvalue weighted by atomic mass is 28.4. The van der Waals surface area contributed by atoms with Crippen LogP contribution in [0.2, 0.25) is 18.1 Å². The van der Waals surface area contributed by atoms with Crippen LogP contribution in [0.25, 0.3) is 27.7 Å². The summed E-state index contributed by atoms with van der Waals surface area (Å²) in [6, 6.07) is 16.0. The number of amides is 2. The minimum atomic E-state index is -1.79. The Bertz CT molecular complexity index is 1730. The normalized spacial score (nSPS) is 12.4. The molecule has 0 aliphatic carbocycles. The first kappa shape index (κ1) is 32.9. The third kappa shape index (κ3) is 7.73. The van der Waals surface area contributed by atoms with Crippen molar-refractivity contribution in [1.29, 1.82) is 0 Å². The number of nitrogens with one attached hydrogen (secondary N) is 2. The Labute approximate surface area is 260 Å². The highest BCUT2D eigenvalue weighted by Crippen LogP contribution is 2.36. The van der Waals surface area contributed by atoms with Gasteiger partial charge in [0, 0.05) is 24.9 Å². The highest BCUT2D eigenvalue weighted by molar-refractivity contribution is 6.74. The molecular weight excluding hydrogens is 572 g/mol. The second-order valence-corrected chi connectivity index (χ2v) is 18.3. The number of nitrogens with zero attached hydrogens (tertiary/aromatic N) is 2. The van der Waals surface area contributed by atoms with Gasteiger partial charge in [0.25, 0.3) is 11.5 Å². The van der Waals surface area contributed by atoms with Gasteiger partial charge in [-0.1, -0.05) is 45.0 Å². The van der Waals surface area contributed by atoms with Gasteiger partial charge in [-0.2, -0.15) is 0 Å². The van der Waals surface area contributed by atoms with Crippen LogP contribution in [0.4, 0.5) is 10.5 Å². The van der Waals surface area contributed by atoms with Crippen LogP contribution in [0.3, 0.4) is 0 Å². The number of benzene rings is 2. The van der Waals surface area contributed by atoms with Gasteiger partial charge < -0.3 is 14.5 Å².